The Morgan fingerprint density at radius 1 is 0.960 bits per heavy atom. The summed E-state index contributed by atoms with van der Waals surface area (Å²) in [6, 6.07) is 10.3. The first-order chi connectivity index (χ1) is 12.1. The zero-order chi connectivity index (χ0) is 17.8. The van der Waals surface area contributed by atoms with E-state index in [9.17, 15) is 9.59 Å². The van der Waals surface area contributed by atoms with E-state index in [1.807, 2.05) is 18.2 Å². The predicted molar refractivity (Wildman–Crippen MR) is 86.1 cm³/mol. The molecule has 1 aromatic carbocycles. The lowest BCUT2D eigenvalue weighted by Crippen LogP contribution is -2.07. The number of ether oxygens (including phenoxy) is 3. The second-order valence-electron chi connectivity index (χ2n) is 5.17. The Labute approximate surface area is 143 Å². The van der Waals surface area contributed by atoms with Crippen LogP contribution in [0.2, 0.25) is 0 Å². The molecule has 3 aromatic rings. The molecule has 7 nitrogen and oxygen atoms in total. The van der Waals surface area contributed by atoms with Crippen molar-refractivity contribution in [3.05, 3.63) is 59.2 Å². The Morgan fingerprint density at radius 3 is 2.52 bits per heavy atom. The standard InChI is InChI=1S/C18H16O7/c1-21-10-13-12-5-3-4-6-14(12)25-16(13)18(20)23-9-11-7-8-15(24-11)17(19)22-2/h3-8H,9-10H2,1-2H3. The normalized spacial score (nSPS) is 10.8. The maximum absolute atomic E-state index is 12.4. The molecule has 0 saturated carbocycles. The first-order valence-electron chi connectivity index (χ1n) is 7.47. The first-order valence-corrected chi connectivity index (χ1v) is 7.47. The molecular formula is C18H16O7. The number of hydrogen-bond acceptors (Lipinski definition) is 7. The lowest BCUT2D eigenvalue weighted by molar-refractivity contribution is 0.0400. The van der Waals surface area contributed by atoms with E-state index in [1.54, 1.807) is 6.07 Å². The molecule has 0 fully saturated rings. The van der Waals surface area contributed by atoms with Gasteiger partial charge in [0.15, 0.2) is 0 Å². The molecule has 0 spiro atoms. The number of hydrogen-bond donors (Lipinski definition) is 0. The molecule has 130 valence electrons. The third-order valence-electron chi connectivity index (χ3n) is 3.57. The molecule has 0 N–H and O–H groups in total. The third-order valence-corrected chi connectivity index (χ3v) is 3.57. The number of benzene rings is 1. The van der Waals surface area contributed by atoms with Gasteiger partial charge in [0, 0.05) is 18.1 Å². The van der Waals surface area contributed by atoms with Gasteiger partial charge in [-0.2, -0.15) is 0 Å². The molecule has 0 aliphatic carbocycles. The van der Waals surface area contributed by atoms with E-state index < -0.39 is 11.9 Å². The SMILES string of the molecule is COCc1c(C(=O)OCc2ccc(C(=O)OC)o2)oc2ccccc12. The van der Waals surface area contributed by atoms with Crippen LogP contribution in [0.3, 0.4) is 0 Å². The molecule has 0 unspecified atom stereocenters. The monoisotopic (exact) mass is 344 g/mol. The van der Waals surface area contributed by atoms with Gasteiger partial charge < -0.3 is 23.0 Å². The third kappa shape index (κ3) is 3.41. The maximum Gasteiger partial charge on any atom is 0.375 e. The minimum absolute atomic E-state index is 0.0392. The number of furan rings is 2. The molecular weight excluding hydrogens is 328 g/mol. The Bertz CT molecular complexity index is 903. The molecule has 0 radical (unpaired) electrons. The quantitative estimate of drug-likeness (QED) is 0.634. The van der Waals surface area contributed by atoms with E-state index in [-0.39, 0.29) is 24.7 Å². The highest BCUT2D eigenvalue weighted by molar-refractivity contribution is 5.96. The second-order valence-corrected chi connectivity index (χ2v) is 5.17. The van der Waals surface area contributed by atoms with Crippen LogP contribution in [0.25, 0.3) is 11.0 Å². The molecule has 0 aliphatic rings. The van der Waals surface area contributed by atoms with Gasteiger partial charge in [0.25, 0.3) is 0 Å². The lowest BCUT2D eigenvalue weighted by Gasteiger charge is -2.03. The average molecular weight is 344 g/mol. The Hall–Kier alpha value is -3.06. The summed E-state index contributed by atoms with van der Waals surface area (Å²) in [7, 11) is 2.79. The van der Waals surface area contributed by atoms with Gasteiger partial charge in [0.2, 0.25) is 11.5 Å². The van der Waals surface area contributed by atoms with Crippen molar-refractivity contribution in [1.29, 1.82) is 0 Å². The minimum Gasteiger partial charge on any atom is -0.463 e. The average Bonchev–Trinajstić information content (AvgIpc) is 3.25. The van der Waals surface area contributed by atoms with Crippen molar-refractivity contribution in [1.82, 2.24) is 0 Å². The van der Waals surface area contributed by atoms with E-state index in [4.69, 9.17) is 18.3 Å². The van der Waals surface area contributed by atoms with Crippen LogP contribution in [0.5, 0.6) is 0 Å². The number of carbonyl (C=O) groups excluding carboxylic acids is 2. The van der Waals surface area contributed by atoms with Crippen molar-refractivity contribution in [2.24, 2.45) is 0 Å². The summed E-state index contributed by atoms with van der Waals surface area (Å²) in [6.45, 7) is 0.0774. The lowest BCUT2D eigenvalue weighted by atomic mass is 10.1. The zero-order valence-corrected chi connectivity index (χ0v) is 13.7. The highest BCUT2D eigenvalue weighted by Crippen LogP contribution is 2.27. The van der Waals surface area contributed by atoms with E-state index in [1.165, 1.54) is 26.4 Å². The molecule has 7 heteroatoms. The number of rotatable bonds is 6. The number of para-hydroxylation sites is 1. The van der Waals surface area contributed by atoms with Crippen molar-refractivity contribution in [3.63, 3.8) is 0 Å². The molecule has 0 bridgehead atoms. The van der Waals surface area contributed by atoms with Gasteiger partial charge in [-0.1, -0.05) is 18.2 Å². The first kappa shape index (κ1) is 16.8. The number of esters is 2. The maximum atomic E-state index is 12.4. The van der Waals surface area contributed by atoms with Crippen molar-refractivity contribution in [3.8, 4) is 0 Å². The molecule has 0 amide bonds. The van der Waals surface area contributed by atoms with Gasteiger partial charge in [0.05, 0.1) is 13.7 Å². The van der Waals surface area contributed by atoms with Gasteiger partial charge in [0.1, 0.15) is 18.0 Å². The zero-order valence-electron chi connectivity index (χ0n) is 13.7. The van der Waals surface area contributed by atoms with Crippen LogP contribution >= 0.6 is 0 Å². The predicted octanol–water partition coefficient (Wildman–Crippen LogP) is 3.32. The van der Waals surface area contributed by atoms with Crippen LogP contribution in [-0.2, 0) is 27.4 Å². The van der Waals surface area contributed by atoms with E-state index in [0.29, 0.717) is 16.9 Å². The van der Waals surface area contributed by atoms with Crippen molar-refractivity contribution in [2.75, 3.05) is 14.2 Å². The van der Waals surface area contributed by atoms with Gasteiger partial charge in [-0.25, -0.2) is 9.59 Å². The molecule has 2 aromatic heterocycles. The van der Waals surface area contributed by atoms with E-state index in [0.717, 1.165) is 5.39 Å². The van der Waals surface area contributed by atoms with Gasteiger partial charge >= 0.3 is 11.9 Å². The minimum atomic E-state index is -0.640. The Kier molecular flexibility index (Phi) is 4.85. The van der Waals surface area contributed by atoms with Crippen LogP contribution in [0, 0.1) is 0 Å². The Balaban J connectivity index is 1.77. The fourth-order valence-electron chi connectivity index (χ4n) is 2.42. The topological polar surface area (TPSA) is 88.1 Å². The molecule has 25 heavy (non-hydrogen) atoms. The van der Waals surface area contributed by atoms with E-state index in [2.05, 4.69) is 4.74 Å². The van der Waals surface area contributed by atoms with Crippen LogP contribution in [0.1, 0.15) is 32.4 Å². The van der Waals surface area contributed by atoms with E-state index >= 15 is 0 Å². The van der Waals surface area contributed by atoms with Crippen molar-refractivity contribution >= 4 is 22.9 Å². The highest BCUT2D eigenvalue weighted by Gasteiger charge is 2.22. The molecule has 0 atom stereocenters. The van der Waals surface area contributed by atoms with Gasteiger partial charge in [-0.15, -0.1) is 0 Å². The van der Waals surface area contributed by atoms with Crippen LogP contribution in [0.15, 0.2) is 45.2 Å². The summed E-state index contributed by atoms with van der Waals surface area (Å²) in [5.41, 5.74) is 1.20. The second kappa shape index (κ2) is 7.23. The summed E-state index contributed by atoms with van der Waals surface area (Å²) >= 11 is 0. The smallest absolute Gasteiger partial charge is 0.375 e. The fraction of sp³-hybridized carbons (Fsp3) is 0.222. The fourth-order valence-corrected chi connectivity index (χ4v) is 2.42. The van der Waals surface area contributed by atoms with Crippen LogP contribution in [0.4, 0.5) is 0 Å². The summed E-state index contributed by atoms with van der Waals surface area (Å²) in [5, 5.41) is 0.794. The van der Waals surface area contributed by atoms with Gasteiger partial charge in [-0.05, 0) is 18.2 Å². The van der Waals surface area contributed by atoms with Crippen molar-refractivity contribution in [2.45, 2.75) is 13.2 Å². The highest BCUT2D eigenvalue weighted by atomic mass is 16.6. The van der Waals surface area contributed by atoms with Gasteiger partial charge in [-0.3, -0.25) is 0 Å². The molecule has 2 heterocycles. The number of carbonyl (C=O) groups is 2. The summed E-state index contributed by atoms with van der Waals surface area (Å²) in [5.74, 6) is -0.796. The summed E-state index contributed by atoms with van der Waals surface area (Å²) in [4.78, 5) is 23.7. The van der Waals surface area contributed by atoms with Crippen LogP contribution < -0.4 is 0 Å². The molecule has 3 rings (SSSR count). The van der Waals surface area contributed by atoms with Crippen molar-refractivity contribution < 1.29 is 32.6 Å². The molecule has 0 aliphatic heterocycles. The summed E-state index contributed by atoms with van der Waals surface area (Å²) < 4.78 is 25.8. The Morgan fingerprint density at radius 2 is 1.76 bits per heavy atom. The molecule has 0 saturated heterocycles. The number of fused-ring (bicyclic) bond motifs is 1. The largest absolute Gasteiger partial charge is 0.463 e. The number of methoxy groups -OCH3 is 2. The summed E-state index contributed by atoms with van der Waals surface area (Å²) in [6.07, 6.45) is 0. The van der Waals surface area contributed by atoms with Crippen LogP contribution in [-0.4, -0.2) is 26.2 Å².